The zero-order valence-electron chi connectivity index (χ0n) is 14.3. The molecule has 0 aromatic heterocycles. The van der Waals surface area contributed by atoms with Crippen molar-refractivity contribution in [2.45, 2.75) is 25.7 Å². The van der Waals surface area contributed by atoms with Crippen LogP contribution in [0.15, 0.2) is 30.3 Å². The fraction of sp³-hybridized carbons (Fsp3) is 0.600. The molecule has 2 aliphatic heterocycles. The second kappa shape index (κ2) is 8.07. The molecule has 0 radical (unpaired) electrons. The van der Waals surface area contributed by atoms with Crippen LogP contribution in [0.25, 0.3) is 6.08 Å². The number of benzene rings is 1. The molecule has 1 aromatic rings. The van der Waals surface area contributed by atoms with Gasteiger partial charge in [-0.15, -0.1) is 0 Å². The van der Waals surface area contributed by atoms with Crippen molar-refractivity contribution < 1.29 is 4.39 Å². The third kappa shape index (κ3) is 4.89. The zero-order valence-corrected chi connectivity index (χ0v) is 14.3. The van der Waals surface area contributed by atoms with E-state index < -0.39 is 0 Å². The van der Waals surface area contributed by atoms with E-state index in [0.717, 1.165) is 23.9 Å². The molecule has 2 fully saturated rings. The first-order valence-corrected chi connectivity index (χ1v) is 9.04. The molecule has 2 saturated heterocycles. The molecule has 0 atom stereocenters. The van der Waals surface area contributed by atoms with Gasteiger partial charge in [0.25, 0.3) is 0 Å². The van der Waals surface area contributed by atoms with Crippen LogP contribution in [0, 0.1) is 17.7 Å². The number of hydrogen-bond acceptors (Lipinski definition) is 2. The van der Waals surface area contributed by atoms with E-state index in [4.69, 9.17) is 0 Å². The molecular weight excluding hydrogens is 287 g/mol. The molecule has 0 saturated carbocycles. The van der Waals surface area contributed by atoms with Gasteiger partial charge in [-0.2, -0.15) is 0 Å². The van der Waals surface area contributed by atoms with Gasteiger partial charge in [0.05, 0.1) is 0 Å². The van der Waals surface area contributed by atoms with Gasteiger partial charge in [-0.25, -0.2) is 4.39 Å². The van der Waals surface area contributed by atoms with Crippen LogP contribution in [-0.2, 0) is 0 Å². The fourth-order valence-electron chi connectivity index (χ4n) is 4.02. The van der Waals surface area contributed by atoms with Crippen LogP contribution in [0.4, 0.5) is 4.39 Å². The SMILES string of the molecule is CN1CCC(C2CCN(CC=Cc3ccc(F)cc3)CC2)CC1. The number of nitrogens with zero attached hydrogens (tertiary/aromatic N) is 2. The second-order valence-electron chi connectivity index (χ2n) is 7.23. The lowest BCUT2D eigenvalue weighted by atomic mass is 9.79. The molecule has 2 aliphatic rings. The summed E-state index contributed by atoms with van der Waals surface area (Å²) in [5.74, 6) is 1.74. The molecule has 126 valence electrons. The lowest BCUT2D eigenvalue weighted by Gasteiger charge is -2.39. The number of halogens is 1. The van der Waals surface area contributed by atoms with Gasteiger partial charge in [0.15, 0.2) is 0 Å². The van der Waals surface area contributed by atoms with Gasteiger partial charge in [-0.3, -0.25) is 4.90 Å². The van der Waals surface area contributed by atoms with E-state index in [2.05, 4.69) is 29.0 Å². The monoisotopic (exact) mass is 316 g/mol. The van der Waals surface area contributed by atoms with Crippen LogP contribution in [0.5, 0.6) is 0 Å². The van der Waals surface area contributed by atoms with E-state index in [-0.39, 0.29) is 5.82 Å². The summed E-state index contributed by atoms with van der Waals surface area (Å²) in [5, 5.41) is 0. The minimum Gasteiger partial charge on any atom is -0.306 e. The first-order chi connectivity index (χ1) is 11.2. The van der Waals surface area contributed by atoms with Crippen molar-refractivity contribution in [2.24, 2.45) is 11.8 Å². The molecule has 3 rings (SSSR count). The number of rotatable bonds is 4. The molecule has 2 heterocycles. The summed E-state index contributed by atoms with van der Waals surface area (Å²) in [4.78, 5) is 5.01. The van der Waals surface area contributed by atoms with Crippen molar-refractivity contribution in [3.8, 4) is 0 Å². The van der Waals surface area contributed by atoms with Gasteiger partial charge in [-0.05, 0) is 88.4 Å². The maximum absolute atomic E-state index is 12.9. The molecular formula is C20H29FN2. The molecule has 0 unspecified atom stereocenters. The summed E-state index contributed by atoms with van der Waals surface area (Å²) in [7, 11) is 2.24. The standard InChI is InChI=1S/C20H29FN2/c1-22-13-8-18(9-14-22)19-10-15-23(16-11-19)12-2-3-17-4-6-20(21)7-5-17/h2-7,18-19H,8-16H2,1H3. The van der Waals surface area contributed by atoms with Crippen LogP contribution >= 0.6 is 0 Å². The Bertz CT molecular complexity index is 495. The van der Waals surface area contributed by atoms with Crippen molar-refractivity contribution in [2.75, 3.05) is 39.8 Å². The Hall–Kier alpha value is -1.19. The van der Waals surface area contributed by atoms with E-state index in [0.29, 0.717) is 0 Å². The Morgan fingerprint density at radius 3 is 2.13 bits per heavy atom. The van der Waals surface area contributed by atoms with Crippen molar-refractivity contribution >= 4 is 6.08 Å². The van der Waals surface area contributed by atoms with E-state index in [9.17, 15) is 4.39 Å². The van der Waals surface area contributed by atoms with Crippen molar-refractivity contribution in [3.05, 3.63) is 41.7 Å². The molecule has 23 heavy (non-hydrogen) atoms. The summed E-state index contributed by atoms with van der Waals surface area (Å²) < 4.78 is 12.9. The lowest BCUT2D eigenvalue weighted by molar-refractivity contribution is 0.111. The van der Waals surface area contributed by atoms with Crippen LogP contribution in [-0.4, -0.2) is 49.6 Å². The quantitative estimate of drug-likeness (QED) is 0.831. The second-order valence-corrected chi connectivity index (χ2v) is 7.23. The highest BCUT2D eigenvalue weighted by atomic mass is 19.1. The fourth-order valence-corrected chi connectivity index (χ4v) is 4.02. The molecule has 0 aliphatic carbocycles. The summed E-state index contributed by atoms with van der Waals surface area (Å²) in [6, 6.07) is 6.70. The predicted molar refractivity (Wildman–Crippen MR) is 94.8 cm³/mol. The molecule has 0 spiro atoms. The smallest absolute Gasteiger partial charge is 0.123 e. The summed E-state index contributed by atoms with van der Waals surface area (Å²) in [6.45, 7) is 6.03. The van der Waals surface area contributed by atoms with E-state index >= 15 is 0 Å². The maximum atomic E-state index is 12.9. The van der Waals surface area contributed by atoms with E-state index in [1.807, 2.05) is 12.1 Å². The highest BCUT2D eigenvalue weighted by Crippen LogP contribution is 2.32. The van der Waals surface area contributed by atoms with E-state index in [1.54, 1.807) is 0 Å². The Morgan fingerprint density at radius 2 is 1.52 bits per heavy atom. The third-order valence-corrected chi connectivity index (χ3v) is 5.61. The number of likely N-dealkylation sites (tertiary alicyclic amines) is 2. The Balaban J connectivity index is 1.40. The van der Waals surface area contributed by atoms with E-state index in [1.165, 1.54) is 64.0 Å². The predicted octanol–water partition coefficient (Wildman–Crippen LogP) is 3.89. The van der Waals surface area contributed by atoms with Gasteiger partial charge >= 0.3 is 0 Å². The highest BCUT2D eigenvalue weighted by molar-refractivity contribution is 5.48. The van der Waals surface area contributed by atoms with Crippen molar-refractivity contribution in [3.63, 3.8) is 0 Å². The largest absolute Gasteiger partial charge is 0.306 e. The Labute approximate surface area is 140 Å². The summed E-state index contributed by atoms with van der Waals surface area (Å²) in [6.07, 6.45) is 9.82. The van der Waals surface area contributed by atoms with Crippen molar-refractivity contribution in [1.29, 1.82) is 0 Å². The summed E-state index contributed by atoms with van der Waals surface area (Å²) >= 11 is 0. The molecule has 0 N–H and O–H groups in total. The normalized spacial score (nSPS) is 22.9. The van der Waals surface area contributed by atoms with Gasteiger partial charge in [0.2, 0.25) is 0 Å². The minimum absolute atomic E-state index is 0.168. The average Bonchev–Trinajstić information content (AvgIpc) is 2.58. The minimum atomic E-state index is -0.168. The topological polar surface area (TPSA) is 6.48 Å². The van der Waals surface area contributed by atoms with Crippen LogP contribution in [0.2, 0.25) is 0 Å². The lowest BCUT2D eigenvalue weighted by Crippen LogP contribution is -2.39. The van der Waals surface area contributed by atoms with Crippen LogP contribution in [0.3, 0.4) is 0 Å². The molecule has 1 aromatic carbocycles. The van der Waals surface area contributed by atoms with Crippen molar-refractivity contribution in [1.82, 2.24) is 9.80 Å². The van der Waals surface area contributed by atoms with Crippen LogP contribution in [0.1, 0.15) is 31.2 Å². The Kier molecular flexibility index (Phi) is 5.85. The first-order valence-electron chi connectivity index (χ1n) is 9.04. The van der Waals surface area contributed by atoms with Crippen LogP contribution < -0.4 is 0 Å². The van der Waals surface area contributed by atoms with Gasteiger partial charge in [0, 0.05) is 6.54 Å². The average molecular weight is 316 g/mol. The number of piperidine rings is 2. The molecule has 0 amide bonds. The Morgan fingerprint density at radius 1 is 0.957 bits per heavy atom. The van der Waals surface area contributed by atoms with Gasteiger partial charge in [0.1, 0.15) is 5.82 Å². The maximum Gasteiger partial charge on any atom is 0.123 e. The zero-order chi connectivity index (χ0) is 16.1. The summed E-state index contributed by atoms with van der Waals surface area (Å²) in [5.41, 5.74) is 1.08. The molecule has 3 heteroatoms. The highest BCUT2D eigenvalue weighted by Gasteiger charge is 2.28. The molecule has 0 bridgehead atoms. The number of hydrogen-bond donors (Lipinski definition) is 0. The van der Waals surface area contributed by atoms with Gasteiger partial charge < -0.3 is 4.90 Å². The van der Waals surface area contributed by atoms with Gasteiger partial charge in [-0.1, -0.05) is 24.3 Å². The third-order valence-electron chi connectivity index (χ3n) is 5.61. The first kappa shape index (κ1) is 16.7. The molecule has 2 nitrogen and oxygen atoms in total.